The highest BCUT2D eigenvalue weighted by Gasteiger charge is 2.36. The third-order valence-corrected chi connectivity index (χ3v) is 7.13. The van der Waals surface area contributed by atoms with Crippen LogP contribution in [0, 0.1) is 5.92 Å². The van der Waals surface area contributed by atoms with Gasteiger partial charge in [0.1, 0.15) is 4.90 Å². The van der Waals surface area contributed by atoms with Crippen molar-refractivity contribution in [3.63, 3.8) is 0 Å². The zero-order chi connectivity index (χ0) is 25.2. The summed E-state index contributed by atoms with van der Waals surface area (Å²) >= 11 is 0. The largest absolute Gasteiger partial charge is 0.452 e. The monoisotopic (exact) mass is 498 g/mol. The predicted octanol–water partition coefficient (Wildman–Crippen LogP) is 2.38. The summed E-state index contributed by atoms with van der Waals surface area (Å²) in [4.78, 5) is 38.4. The second kappa shape index (κ2) is 9.87. The van der Waals surface area contributed by atoms with Gasteiger partial charge in [-0.15, -0.1) is 4.40 Å². The van der Waals surface area contributed by atoms with Crippen molar-refractivity contribution >= 4 is 45.0 Å². The molecule has 2 unspecified atom stereocenters. The van der Waals surface area contributed by atoms with Crippen molar-refractivity contribution in [1.82, 2.24) is 4.90 Å². The summed E-state index contributed by atoms with van der Waals surface area (Å²) in [5.74, 6) is -1.39. The smallest absolute Gasteiger partial charge is 0.311 e. The van der Waals surface area contributed by atoms with Gasteiger partial charge in [0.05, 0.1) is 5.92 Å². The number of hydrogen-bond donors (Lipinski definition) is 2. The molecule has 2 aliphatic rings. The number of benzene rings is 2. The van der Waals surface area contributed by atoms with E-state index in [1.54, 1.807) is 47.4 Å². The number of nitrogens with one attached hydrogen (secondary N) is 2. The number of amides is 2. The fraction of sp³-hybridized carbons (Fsp3) is 0.333. The van der Waals surface area contributed by atoms with Crippen molar-refractivity contribution in [1.29, 1.82) is 0 Å². The van der Waals surface area contributed by atoms with Gasteiger partial charge >= 0.3 is 5.97 Å². The quantitative estimate of drug-likeness (QED) is 0.605. The Morgan fingerprint density at radius 1 is 1.06 bits per heavy atom. The summed E-state index contributed by atoms with van der Waals surface area (Å²) < 4.78 is 34.1. The molecule has 2 aromatic rings. The number of esters is 1. The number of anilines is 2. The van der Waals surface area contributed by atoms with Crippen LogP contribution in [0.5, 0.6) is 0 Å². The number of carbonyl (C=O) groups excluding carboxylic acids is 3. The first kappa shape index (κ1) is 24.4. The van der Waals surface area contributed by atoms with Gasteiger partial charge in [-0.1, -0.05) is 12.1 Å². The van der Waals surface area contributed by atoms with E-state index in [4.69, 9.17) is 4.74 Å². The zero-order valence-electron chi connectivity index (χ0n) is 19.4. The molecule has 10 nitrogen and oxygen atoms in total. The summed E-state index contributed by atoms with van der Waals surface area (Å²) in [6.07, 6.45) is 0.191. The van der Waals surface area contributed by atoms with E-state index in [1.165, 1.54) is 19.9 Å². The molecule has 4 rings (SSSR count). The van der Waals surface area contributed by atoms with Crippen molar-refractivity contribution in [2.75, 3.05) is 23.7 Å². The fourth-order valence-corrected chi connectivity index (χ4v) is 5.31. The molecular weight excluding hydrogens is 472 g/mol. The van der Waals surface area contributed by atoms with Crippen LogP contribution in [0.4, 0.5) is 11.4 Å². The molecule has 1 saturated heterocycles. The maximum Gasteiger partial charge on any atom is 0.311 e. The Hall–Kier alpha value is -3.73. The lowest BCUT2D eigenvalue weighted by Gasteiger charge is -2.33. The Labute approximate surface area is 203 Å². The van der Waals surface area contributed by atoms with Crippen LogP contribution in [-0.2, 0) is 29.1 Å². The summed E-state index contributed by atoms with van der Waals surface area (Å²) in [6.45, 7) is 3.71. The van der Waals surface area contributed by atoms with Gasteiger partial charge in [0.2, 0.25) is 5.91 Å². The highest BCUT2D eigenvalue weighted by molar-refractivity contribution is 7.90. The van der Waals surface area contributed by atoms with Gasteiger partial charge in [0.25, 0.3) is 15.9 Å². The number of likely N-dealkylation sites (tertiary alicyclic amines) is 1. The number of amidine groups is 1. The number of ether oxygens (including phenoxy) is 1. The van der Waals surface area contributed by atoms with Gasteiger partial charge in [0, 0.05) is 37.0 Å². The van der Waals surface area contributed by atoms with Crippen molar-refractivity contribution in [2.45, 2.75) is 37.7 Å². The second-order valence-electron chi connectivity index (χ2n) is 8.50. The van der Waals surface area contributed by atoms with Gasteiger partial charge in [-0.25, -0.2) is 0 Å². The van der Waals surface area contributed by atoms with Gasteiger partial charge in [-0.3, -0.25) is 14.4 Å². The molecule has 184 valence electrons. The minimum absolute atomic E-state index is 0.162. The van der Waals surface area contributed by atoms with E-state index in [9.17, 15) is 22.8 Å². The minimum atomic E-state index is -3.75. The van der Waals surface area contributed by atoms with Crippen LogP contribution in [0.15, 0.2) is 57.8 Å². The topological polar surface area (TPSA) is 134 Å². The molecule has 0 saturated carbocycles. The molecule has 35 heavy (non-hydrogen) atoms. The number of hydrogen-bond acceptors (Lipinski definition) is 7. The first-order chi connectivity index (χ1) is 16.6. The summed E-state index contributed by atoms with van der Waals surface area (Å²) in [7, 11) is -3.75. The Bertz CT molecular complexity index is 1290. The lowest BCUT2D eigenvalue weighted by Crippen LogP contribution is -2.44. The molecule has 0 aromatic heterocycles. The van der Waals surface area contributed by atoms with E-state index in [-0.39, 0.29) is 17.3 Å². The molecular formula is C24H26N4O6S. The van der Waals surface area contributed by atoms with Crippen LogP contribution in [0.3, 0.4) is 0 Å². The predicted molar refractivity (Wildman–Crippen MR) is 129 cm³/mol. The van der Waals surface area contributed by atoms with E-state index in [0.717, 1.165) is 0 Å². The van der Waals surface area contributed by atoms with E-state index < -0.39 is 33.9 Å². The molecule has 2 aliphatic heterocycles. The van der Waals surface area contributed by atoms with Crippen molar-refractivity contribution in [2.24, 2.45) is 10.3 Å². The van der Waals surface area contributed by atoms with Gasteiger partial charge in [-0.2, -0.15) is 8.42 Å². The second-order valence-corrected chi connectivity index (χ2v) is 10.1. The third kappa shape index (κ3) is 5.51. The van der Waals surface area contributed by atoms with Gasteiger partial charge in [-0.05, 0) is 56.2 Å². The molecule has 0 aliphatic carbocycles. The summed E-state index contributed by atoms with van der Waals surface area (Å²) in [5.41, 5.74) is 1.62. The highest BCUT2D eigenvalue weighted by atomic mass is 32.2. The molecule has 2 amide bonds. The van der Waals surface area contributed by atoms with Crippen LogP contribution >= 0.6 is 0 Å². The summed E-state index contributed by atoms with van der Waals surface area (Å²) in [5, 5.41) is 5.32. The van der Waals surface area contributed by atoms with E-state index in [0.29, 0.717) is 42.2 Å². The molecule has 0 spiro atoms. The molecule has 2 heterocycles. The first-order valence-electron chi connectivity index (χ1n) is 11.2. The SMILES string of the molecule is CC(=O)Nc1ccc(NC(=O)C(C)OC(=O)C2CCCN(C3=NS(=O)(=O)c4ccccc43)C2)cc1. The van der Waals surface area contributed by atoms with Crippen LogP contribution in [0.25, 0.3) is 0 Å². The lowest BCUT2D eigenvalue weighted by atomic mass is 9.97. The first-order valence-corrected chi connectivity index (χ1v) is 12.7. The molecule has 0 bridgehead atoms. The number of nitrogens with zero attached hydrogens (tertiary/aromatic N) is 2. The highest BCUT2D eigenvalue weighted by Crippen LogP contribution is 2.30. The number of sulfonamides is 1. The Balaban J connectivity index is 1.36. The average molecular weight is 499 g/mol. The Morgan fingerprint density at radius 3 is 2.40 bits per heavy atom. The summed E-state index contributed by atoms with van der Waals surface area (Å²) in [6, 6.07) is 13.2. The molecule has 2 aromatic carbocycles. The lowest BCUT2D eigenvalue weighted by molar-refractivity contribution is -0.158. The number of carbonyl (C=O) groups is 3. The van der Waals surface area contributed by atoms with E-state index in [1.807, 2.05) is 0 Å². The Morgan fingerprint density at radius 2 is 1.71 bits per heavy atom. The van der Waals surface area contributed by atoms with E-state index in [2.05, 4.69) is 15.0 Å². The normalized spacial score (nSPS) is 19.2. The zero-order valence-corrected chi connectivity index (χ0v) is 20.2. The average Bonchev–Trinajstić information content (AvgIpc) is 3.11. The number of rotatable bonds is 5. The van der Waals surface area contributed by atoms with Crippen molar-refractivity contribution < 1.29 is 27.5 Å². The van der Waals surface area contributed by atoms with Crippen LogP contribution in [0.1, 0.15) is 32.3 Å². The van der Waals surface area contributed by atoms with Crippen LogP contribution in [-0.4, -0.2) is 56.1 Å². The number of fused-ring (bicyclic) bond motifs is 1. The Kier molecular flexibility index (Phi) is 6.88. The third-order valence-electron chi connectivity index (χ3n) is 5.80. The molecule has 2 atom stereocenters. The van der Waals surface area contributed by atoms with Crippen molar-refractivity contribution in [3.8, 4) is 0 Å². The number of piperidine rings is 1. The van der Waals surface area contributed by atoms with Crippen LogP contribution < -0.4 is 10.6 Å². The van der Waals surface area contributed by atoms with Crippen LogP contribution in [0.2, 0.25) is 0 Å². The maximum absolute atomic E-state index is 12.8. The molecule has 2 N–H and O–H groups in total. The minimum Gasteiger partial charge on any atom is -0.452 e. The molecule has 1 fully saturated rings. The molecule has 11 heteroatoms. The standard InChI is InChI=1S/C24H26N4O6S/c1-15(23(30)26-19-11-9-18(10-12-19)25-16(2)29)34-24(31)17-6-5-13-28(14-17)22-20-7-3-4-8-21(20)35(32,33)27-22/h3-4,7-12,15,17H,5-6,13-14H2,1-2H3,(H,25,29)(H,26,30). The van der Waals surface area contributed by atoms with Gasteiger partial charge < -0.3 is 20.3 Å². The van der Waals surface area contributed by atoms with Crippen molar-refractivity contribution in [3.05, 3.63) is 54.1 Å². The van der Waals surface area contributed by atoms with Gasteiger partial charge in [0.15, 0.2) is 11.9 Å². The maximum atomic E-state index is 12.8. The molecule has 0 radical (unpaired) electrons. The van der Waals surface area contributed by atoms with E-state index >= 15 is 0 Å². The fourth-order valence-electron chi connectivity index (χ4n) is 4.09.